The van der Waals surface area contributed by atoms with Crippen LogP contribution in [0.4, 0.5) is 0 Å². The maximum absolute atomic E-state index is 6.21. The molecule has 4 heteroatoms. The Morgan fingerprint density at radius 3 is 2.65 bits per heavy atom. The minimum absolute atomic E-state index is 0.896. The first kappa shape index (κ1) is 15.1. The van der Waals surface area contributed by atoms with Gasteiger partial charge in [0.2, 0.25) is 0 Å². The molecule has 0 amide bonds. The number of hydrogen-bond donors (Lipinski definition) is 1. The van der Waals surface area contributed by atoms with Crippen LogP contribution >= 0.6 is 0 Å². The van der Waals surface area contributed by atoms with Crippen molar-refractivity contribution in [2.24, 2.45) is 4.99 Å². The monoisotopic (exact) mass is 414 g/mol. The van der Waals surface area contributed by atoms with Crippen LogP contribution in [0.3, 0.4) is 0 Å². The van der Waals surface area contributed by atoms with Gasteiger partial charge in [0.25, 0.3) is 0 Å². The summed E-state index contributed by atoms with van der Waals surface area (Å²) in [7, 11) is 0. The molecule has 3 nitrogen and oxygen atoms in total. The molecule has 1 aliphatic rings. The van der Waals surface area contributed by atoms with Gasteiger partial charge in [0.15, 0.2) is 0 Å². The Morgan fingerprint density at radius 2 is 1.91 bits per heavy atom. The van der Waals surface area contributed by atoms with Crippen molar-refractivity contribution in [1.82, 2.24) is 5.32 Å². The first-order valence-corrected chi connectivity index (χ1v) is 18.3. The first-order valence-electron chi connectivity index (χ1n) is 8.28. The van der Waals surface area contributed by atoms with Crippen LogP contribution in [0.5, 0.6) is 0 Å². The molecule has 3 aromatic rings. The van der Waals surface area contributed by atoms with Gasteiger partial charge in [-0.3, -0.25) is 0 Å². The fourth-order valence-electron chi connectivity index (χ4n) is 3.15. The van der Waals surface area contributed by atoms with Gasteiger partial charge in [-0.1, -0.05) is 0 Å². The van der Waals surface area contributed by atoms with Crippen molar-refractivity contribution in [3.63, 3.8) is 0 Å². The Labute approximate surface area is 140 Å². The molecule has 23 heavy (non-hydrogen) atoms. The zero-order valence-electron chi connectivity index (χ0n) is 13.9. The van der Waals surface area contributed by atoms with Crippen LogP contribution in [0.15, 0.2) is 45.8 Å². The van der Waals surface area contributed by atoms with E-state index in [-0.39, 0.29) is 0 Å². The Bertz CT molecular complexity index is 918. The van der Waals surface area contributed by atoms with Gasteiger partial charge < -0.3 is 0 Å². The van der Waals surface area contributed by atoms with E-state index in [1.165, 1.54) is 14.4 Å². The molecule has 0 unspecified atom stereocenters. The molecule has 118 valence electrons. The Kier molecular flexibility index (Phi) is 3.63. The van der Waals surface area contributed by atoms with E-state index < -0.39 is 18.4 Å². The number of hydrogen-bond acceptors (Lipinski definition) is 3. The molecule has 1 aliphatic heterocycles. The van der Waals surface area contributed by atoms with E-state index in [9.17, 15) is 0 Å². The normalized spacial score (nSPS) is 15.7. The SMILES string of the molecule is [CH3][Sn]([CH3])([CH3])[c]1cc(C2=NCCCN2)c2oc3ccccc3c2c1. The summed E-state index contributed by atoms with van der Waals surface area (Å²) >= 11 is -2.20. The molecular weight excluding hydrogens is 391 g/mol. The van der Waals surface area contributed by atoms with E-state index in [0.717, 1.165) is 42.1 Å². The molecule has 1 N–H and O–H groups in total. The van der Waals surface area contributed by atoms with E-state index in [1.807, 2.05) is 6.07 Å². The Hall–Kier alpha value is -1.49. The van der Waals surface area contributed by atoms with E-state index >= 15 is 0 Å². The van der Waals surface area contributed by atoms with Gasteiger partial charge in [0.1, 0.15) is 0 Å². The molecule has 0 saturated heterocycles. The van der Waals surface area contributed by atoms with Gasteiger partial charge >= 0.3 is 141 Å². The fourth-order valence-corrected chi connectivity index (χ4v) is 6.44. The molecule has 0 spiro atoms. The molecule has 0 fully saturated rings. The molecule has 0 atom stereocenters. The van der Waals surface area contributed by atoms with Crippen LogP contribution in [0.2, 0.25) is 14.8 Å². The van der Waals surface area contributed by atoms with Crippen molar-refractivity contribution in [2.45, 2.75) is 21.2 Å². The topological polar surface area (TPSA) is 37.5 Å². The van der Waals surface area contributed by atoms with Crippen molar-refractivity contribution >= 4 is 49.7 Å². The molecular formula is C19H22N2OSn. The van der Waals surface area contributed by atoms with Crippen LogP contribution < -0.4 is 8.90 Å². The average molecular weight is 413 g/mol. The number of nitrogens with one attached hydrogen (secondary N) is 1. The second kappa shape index (κ2) is 5.55. The quantitative estimate of drug-likeness (QED) is 0.648. The second-order valence-corrected chi connectivity index (χ2v) is 21.8. The molecule has 2 heterocycles. The van der Waals surface area contributed by atoms with Crippen LogP contribution in [-0.4, -0.2) is 37.3 Å². The summed E-state index contributed by atoms with van der Waals surface area (Å²) < 4.78 is 7.72. The number of fused-ring (bicyclic) bond motifs is 3. The fraction of sp³-hybridized carbons (Fsp3) is 0.316. The Morgan fingerprint density at radius 1 is 1.09 bits per heavy atom. The van der Waals surface area contributed by atoms with Crippen LogP contribution in [0.1, 0.15) is 12.0 Å². The maximum atomic E-state index is 6.21. The number of amidine groups is 1. The van der Waals surface area contributed by atoms with E-state index in [1.54, 1.807) is 0 Å². The molecule has 4 rings (SSSR count). The van der Waals surface area contributed by atoms with Crippen molar-refractivity contribution in [2.75, 3.05) is 13.1 Å². The van der Waals surface area contributed by atoms with Gasteiger partial charge in [0.05, 0.1) is 0 Å². The van der Waals surface area contributed by atoms with E-state index in [0.29, 0.717) is 0 Å². The number of nitrogens with zero attached hydrogens (tertiary/aromatic N) is 1. The molecule has 0 radical (unpaired) electrons. The number of aliphatic imine (C=N–C) groups is 1. The molecule has 0 saturated carbocycles. The average Bonchev–Trinajstić information content (AvgIpc) is 2.92. The van der Waals surface area contributed by atoms with Gasteiger partial charge in [0, 0.05) is 0 Å². The number of furan rings is 1. The summed E-state index contributed by atoms with van der Waals surface area (Å²) in [5.74, 6) is 0.998. The third kappa shape index (κ3) is 2.65. The van der Waals surface area contributed by atoms with Crippen molar-refractivity contribution in [3.8, 4) is 0 Å². The molecule has 0 aliphatic carbocycles. The molecule has 1 aromatic heterocycles. The van der Waals surface area contributed by atoms with Crippen LogP contribution in [-0.2, 0) is 0 Å². The zero-order valence-corrected chi connectivity index (χ0v) is 16.8. The summed E-state index contributed by atoms with van der Waals surface area (Å²) in [6.07, 6.45) is 1.10. The zero-order chi connectivity index (χ0) is 16.0. The standard InChI is InChI=1S/C16H13N2O.3CH3.Sn/c1-2-8-14-11(5-1)12-6-3-7-13(15(12)19-14)16-17-9-4-10-18-16;;;;/h1-2,5-8H,4,9-10H2,(H,17,18);3*1H3;. The number of rotatable bonds is 2. The predicted molar refractivity (Wildman–Crippen MR) is 101 cm³/mol. The van der Waals surface area contributed by atoms with Crippen molar-refractivity contribution in [3.05, 3.63) is 42.0 Å². The summed E-state index contributed by atoms with van der Waals surface area (Å²) in [4.78, 5) is 12.1. The van der Waals surface area contributed by atoms with E-state index in [4.69, 9.17) is 9.41 Å². The van der Waals surface area contributed by atoms with Gasteiger partial charge in [-0.2, -0.15) is 0 Å². The minimum atomic E-state index is -2.20. The number of para-hydroxylation sites is 1. The van der Waals surface area contributed by atoms with Gasteiger partial charge in [-0.25, -0.2) is 0 Å². The van der Waals surface area contributed by atoms with Crippen LogP contribution in [0, 0.1) is 0 Å². The van der Waals surface area contributed by atoms with Crippen molar-refractivity contribution < 1.29 is 4.42 Å². The van der Waals surface area contributed by atoms with E-state index in [2.05, 4.69) is 50.5 Å². The number of benzene rings is 2. The molecule has 0 bridgehead atoms. The molecule has 2 aromatic carbocycles. The first-order chi connectivity index (χ1) is 11.0. The van der Waals surface area contributed by atoms with Crippen molar-refractivity contribution in [1.29, 1.82) is 0 Å². The summed E-state index contributed by atoms with van der Waals surface area (Å²) in [6.45, 7) is 1.89. The van der Waals surface area contributed by atoms with Gasteiger partial charge in [-0.05, 0) is 0 Å². The summed E-state index contributed by atoms with van der Waals surface area (Å²) in [5.41, 5.74) is 3.07. The predicted octanol–water partition coefficient (Wildman–Crippen LogP) is 3.87. The third-order valence-corrected chi connectivity index (χ3v) is 10.3. The summed E-state index contributed by atoms with van der Waals surface area (Å²) in [5, 5.41) is 5.90. The Balaban J connectivity index is 2.08. The summed E-state index contributed by atoms with van der Waals surface area (Å²) in [6, 6.07) is 13.0. The van der Waals surface area contributed by atoms with Gasteiger partial charge in [-0.15, -0.1) is 0 Å². The second-order valence-electron chi connectivity index (χ2n) is 7.26. The van der Waals surface area contributed by atoms with Crippen LogP contribution in [0.25, 0.3) is 21.9 Å². The third-order valence-electron chi connectivity index (χ3n) is 4.50.